The Balaban J connectivity index is 2.10. The summed E-state index contributed by atoms with van der Waals surface area (Å²) in [7, 11) is 1.37. The number of ether oxygens (including phenoxy) is 1. The Morgan fingerprint density at radius 1 is 1.29 bits per heavy atom. The average molecular weight is 287 g/mol. The number of halogens is 1. The van der Waals surface area contributed by atoms with Crippen LogP contribution in [0.3, 0.4) is 0 Å². The lowest BCUT2D eigenvalue weighted by Gasteiger charge is -2.02. The van der Waals surface area contributed by atoms with Crippen molar-refractivity contribution in [1.82, 2.24) is 4.98 Å². The minimum atomic E-state index is -1.04. The van der Waals surface area contributed by atoms with Gasteiger partial charge in [-0.05, 0) is 36.4 Å². The monoisotopic (exact) mass is 287 g/mol. The highest BCUT2D eigenvalue weighted by Gasteiger charge is 2.13. The van der Waals surface area contributed by atoms with Crippen LogP contribution in [-0.4, -0.2) is 23.2 Å². The molecule has 2 aromatic carbocycles. The lowest BCUT2D eigenvalue weighted by Crippen LogP contribution is -1.94. The van der Waals surface area contributed by atoms with Crippen molar-refractivity contribution in [2.24, 2.45) is 0 Å². The van der Waals surface area contributed by atoms with Gasteiger partial charge in [-0.1, -0.05) is 0 Å². The maximum atomic E-state index is 13.4. The summed E-state index contributed by atoms with van der Waals surface area (Å²) in [5.74, 6) is -1.16. The molecule has 0 spiro atoms. The van der Waals surface area contributed by atoms with Gasteiger partial charge in [-0.3, -0.25) is 0 Å². The topological polar surface area (TPSA) is 72.6 Å². The van der Waals surface area contributed by atoms with E-state index >= 15 is 0 Å². The number of hydrogen-bond donors (Lipinski definition) is 1. The molecule has 0 radical (unpaired) electrons. The van der Waals surface area contributed by atoms with E-state index in [2.05, 4.69) is 4.98 Å². The van der Waals surface area contributed by atoms with Crippen molar-refractivity contribution in [3.63, 3.8) is 0 Å². The zero-order chi connectivity index (χ0) is 15.0. The highest BCUT2D eigenvalue weighted by molar-refractivity contribution is 5.92. The molecule has 6 heteroatoms. The summed E-state index contributed by atoms with van der Waals surface area (Å²) in [6.45, 7) is 0. The summed E-state index contributed by atoms with van der Waals surface area (Å²) < 4.78 is 23.8. The van der Waals surface area contributed by atoms with Gasteiger partial charge in [-0.2, -0.15) is 0 Å². The van der Waals surface area contributed by atoms with E-state index in [1.165, 1.54) is 43.5 Å². The van der Waals surface area contributed by atoms with Crippen LogP contribution in [0.25, 0.3) is 22.6 Å². The van der Waals surface area contributed by atoms with Gasteiger partial charge in [-0.25, -0.2) is 14.2 Å². The first kappa shape index (κ1) is 13.1. The minimum Gasteiger partial charge on any atom is -0.494 e. The number of benzene rings is 2. The van der Waals surface area contributed by atoms with Crippen LogP contribution in [0, 0.1) is 5.82 Å². The Morgan fingerprint density at radius 2 is 2.10 bits per heavy atom. The van der Waals surface area contributed by atoms with Crippen LogP contribution in [0.15, 0.2) is 40.8 Å². The SMILES string of the molecule is COc1cc(-c2nc3cc(C(=O)O)ccc3o2)ccc1F. The van der Waals surface area contributed by atoms with Gasteiger partial charge < -0.3 is 14.3 Å². The van der Waals surface area contributed by atoms with E-state index in [0.717, 1.165) is 0 Å². The van der Waals surface area contributed by atoms with Crippen LogP contribution in [0.2, 0.25) is 0 Å². The normalized spacial score (nSPS) is 10.8. The summed E-state index contributed by atoms with van der Waals surface area (Å²) >= 11 is 0. The Kier molecular flexibility index (Phi) is 3.06. The highest BCUT2D eigenvalue weighted by Crippen LogP contribution is 2.28. The molecule has 0 saturated carbocycles. The van der Waals surface area contributed by atoms with E-state index in [-0.39, 0.29) is 17.2 Å². The molecule has 5 nitrogen and oxygen atoms in total. The fourth-order valence-corrected chi connectivity index (χ4v) is 1.98. The quantitative estimate of drug-likeness (QED) is 0.799. The van der Waals surface area contributed by atoms with Gasteiger partial charge in [0.05, 0.1) is 12.7 Å². The number of aromatic nitrogens is 1. The molecule has 1 aromatic heterocycles. The third kappa shape index (κ3) is 2.31. The minimum absolute atomic E-state index is 0.0842. The van der Waals surface area contributed by atoms with Crippen LogP contribution in [0.5, 0.6) is 5.75 Å². The molecule has 106 valence electrons. The summed E-state index contributed by atoms with van der Waals surface area (Å²) in [6, 6.07) is 8.64. The van der Waals surface area contributed by atoms with Crippen molar-refractivity contribution >= 4 is 17.1 Å². The first-order valence-corrected chi connectivity index (χ1v) is 6.06. The number of hydrogen-bond acceptors (Lipinski definition) is 4. The first-order valence-electron chi connectivity index (χ1n) is 6.06. The molecule has 0 aliphatic carbocycles. The lowest BCUT2D eigenvalue weighted by molar-refractivity contribution is 0.0697. The average Bonchev–Trinajstić information content (AvgIpc) is 2.90. The number of aromatic carboxylic acids is 1. The predicted octanol–water partition coefficient (Wildman–Crippen LogP) is 3.34. The number of methoxy groups -OCH3 is 1. The third-order valence-corrected chi connectivity index (χ3v) is 3.03. The van der Waals surface area contributed by atoms with Gasteiger partial charge >= 0.3 is 5.97 Å². The van der Waals surface area contributed by atoms with Crippen molar-refractivity contribution in [1.29, 1.82) is 0 Å². The Bertz CT molecular complexity index is 841. The summed E-state index contributed by atoms with van der Waals surface area (Å²) in [5, 5.41) is 8.95. The van der Waals surface area contributed by atoms with Gasteiger partial charge in [0.15, 0.2) is 17.1 Å². The number of fused-ring (bicyclic) bond motifs is 1. The van der Waals surface area contributed by atoms with E-state index in [1.807, 2.05) is 0 Å². The fourth-order valence-electron chi connectivity index (χ4n) is 1.98. The molecule has 0 bridgehead atoms. The third-order valence-electron chi connectivity index (χ3n) is 3.03. The van der Waals surface area contributed by atoms with Crippen LogP contribution in [0.4, 0.5) is 4.39 Å². The predicted molar refractivity (Wildman–Crippen MR) is 72.9 cm³/mol. The van der Waals surface area contributed by atoms with Crippen LogP contribution >= 0.6 is 0 Å². The molecular weight excluding hydrogens is 277 g/mol. The molecule has 0 aliphatic rings. The van der Waals surface area contributed by atoms with Crippen LogP contribution < -0.4 is 4.74 Å². The Morgan fingerprint density at radius 3 is 2.81 bits per heavy atom. The maximum Gasteiger partial charge on any atom is 0.335 e. The molecule has 3 rings (SSSR count). The zero-order valence-corrected chi connectivity index (χ0v) is 11.0. The van der Waals surface area contributed by atoms with Crippen LogP contribution in [0.1, 0.15) is 10.4 Å². The smallest absolute Gasteiger partial charge is 0.335 e. The maximum absolute atomic E-state index is 13.4. The molecule has 1 heterocycles. The zero-order valence-electron chi connectivity index (χ0n) is 11.0. The molecule has 0 saturated heterocycles. The molecule has 0 amide bonds. The van der Waals surface area contributed by atoms with E-state index < -0.39 is 11.8 Å². The lowest BCUT2D eigenvalue weighted by atomic mass is 10.2. The van der Waals surface area contributed by atoms with E-state index in [4.69, 9.17) is 14.3 Å². The van der Waals surface area contributed by atoms with Gasteiger partial charge in [0, 0.05) is 5.56 Å². The van der Waals surface area contributed by atoms with Gasteiger partial charge in [0.25, 0.3) is 0 Å². The molecule has 21 heavy (non-hydrogen) atoms. The largest absolute Gasteiger partial charge is 0.494 e. The molecular formula is C15H10FNO4. The fraction of sp³-hybridized carbons (Fsp3) is 0.0667. The number of carboxylic acid groups (broad SMARTS) is 1. The summed E-state index contributed by atoms with van der Waals surface area (Å²) in [4.78, 5) is 15.1. The van der Waals surface area contributed by atoms with Crippen LogP contribution in [-0.2, 0) is 0 Å². The van der Waals surface area contributed by atoms with Gasteiger partial charge in [0.1, 0.15) is 5.52 Å². The van der Waals surface area contributed by atoms with E-state index in [9.17, 15) is 9.18 Å². The number of nitrogens with zero attached hydrogens (tertiary/aromatic N) is 1. The van der Waals surface area contributed by atoms with Crippen molar-refractivity contribution in [2.75, 3.05) is 7.11 Å². The Labute approximate surface area is 118 Å². The summed E-state index contributed by atoms with van der Waals surface area (Å²) in [5.41, 5.74) is 1.55. The first-order chi connectivity index (χ1) is 10.1. The number of carbonyl (C=O) groups is 1. The molecule has 0 unspecified atom stereocenters. The van der Waals surface area contributed by atoms with Gasteiger partial charge in [0.2, 0.25) is 5.89 Å². The second-order valence-corrected chi connectivity index (χ2v) is 4.36. The van der Waals surface area contributed by atoms with Crippen molar-refractivity contribution in [2.45, 2.75) is 0 Å². The summed E-state index contributed by atoms with van der Waals surface area (Å²) in [6.07, 6.45) is 0. The second kappa shape index (κ2) is 4.90. The highest BCUT2D eigenvalue weighted by atomic mass is 19.1. The standard InChI is InChI=1S/C15H10FNO4/c1-20-13-7-8(2-4-10(13)16)14-17-11-6-9(15(18)19)3-5-12(11)21-14/h2-7H,1H3,(H,18,19). The second-order valence-electron chi connectivity index (χ2n) is 4.36. The van der Waals surface area contributed by atoms with Crippen molar-refractivity contribution < 1.29 is 23.4 Å². The van der Waals surface area contributed by atoms with E-state index in [1.54, 1.807) is 0 Å². The van der Waals surface area contributed by atoms with Crippen molar-refractivity contribution in [3.8, 4) is 17.2 Å². The number of rotatable bonds is 3. The van der Waals surface area contributed by atoms with E-state index in [0.29, 0.717) is 16.7 Å². The molecule has 0 fully saturated rings. The molecule has 3 aromatic rings. The molecule has 0 atom stereocenters. The van der Waals surface area contributed by atoms with Crippen molar-refractivity contribution in [3.05, 3.63) is 47.8 Å². The van der Waals surface area contributed by atoms with Gasteiger partial charge in [-0.15, -0.1) is 0 Å². The molecule has 0 aliphatic heterocycles. The number of oxazole rings is 1. The number of carboxylic acids is 1. The molecule has 1 N–H and O–H groups in total. The Hall–Kier alpha value is -2.89.